The van der Waals surface area contributed by atoms with Gasteiger partial charge in [0.1, 0.15) is 0 Å². The third kappa shape index (κ3) is 0.275. The van der Waals surface area contributed by atoms with Gasteiger partial charge in [-0.3, -0.25) is 0 Å². The highest BCUT2D eigenvalue weighted by atomic mass is 14.8. The van der Waals surface area contributed by atoms with Crippen LogP contribution in [0.1, 0.15) is 19.3 Å². The average Bonchev–Trinajstić information content (AvgIpc) is 2.71. The molecule has 0 amide bonds. The van der Waals surface area contributed by atoms with Crippen molar-refractivity contribution in [3.05, 3.63) is 12.2 Å². The predicted octanol–water partition coefficient (Wildman–Crippen LogP) is 2.22. The van der Waals surface area contributed by atoms with E-state index in [1.807, 2.05) is 0 Å². The van der Waals surface area contributed by atoms with Gasteiger partial charge in [-0.2, -0.15) is 0 Å². The fraction of sp³-hybridized carbons (Fsp3) is 0.800. The first-order chi connectivity index (χ1) is 4.92. The lowest BCUT2D eigenvalue weighted by Crippen LogP contribution is -2.11. The van der Waals surface area contributed by atoms with Crippen molar-refractivity contribution < 1.29 is 0 Å². The minimum Gasteiger partial charge on any atom is -0.0842 e. The maximum Gasteiger partial charge on any atom is -0.0140 e. The van der Waals surface area contributed by atoms with E-state index in [4.69, 9.17) is 0 Å². The van der Waals surface area contributed by atoms with E-state index >= 15 is 0 Å². The largest absolute Gasteiger partial charge is 0.0842 e. The summed E-state index contributed by atoms with van der Waals surface area (Å²) in [5.41, 5.74) is 0.883. The van der Waals surface area contributed by atoms with E-state index in [1.54, 1.807) is 19.3 Å². The van der Waals surface area contributed by atoms with Gasteiger partial charge >= 0.3 is 0 Å². The molecule has 3 saturated carbocycles. The van der Waals surface area contributed by atoms with E-state index in [-0.39, 0.29) is 0 Å². The predicted molar refractivity (Wildman–Crippen MR) is 39.4 cm³/mol. The van der Waals surface area contributed by atoms with Gasteiger partial charge < -0.3 is 0 Å². The molecule has 0 radical (unpaired) electrons. The summed E-state index contributed by atoms with van der Waals surface area (Å²) in [6.07, 6.45) is 9.76. The van der Waals surface area contributed by atoms with E-state index in [2.05, 4.69) is 12.2 Å². The summed E-state index contributed by atoms with van der Waals surface area (Å²) in [6, 6.07) is 0. The Bertz CT molecular complexity index is 214. The number of rotatable bonds is 0. The standard InChI is InChI=1S/C10H12/c1-2-9-7-5-6(7)8(1)10(9)3-4-10/h1-2,6-9H,3-5H2/t6-,7+,8+,9-. The third-order valence-electron chi connectivity index (χ3n) is 4.49. The van der Waals surface area contributed by atoms with Crippen molar-refractivity contribution >= 4 is 0 Å². The first kappa shape index (κ1) is 4.58. The van der Waals surface area contributed by atoms with Crippen LogP contribution >= 0.6 is 0 Å². The number of fused-ring (bicyclic) bond motifs is 3. The molecule has 4 aliphatic carbocycles. The van der Waals surface area contributed by atoms with Crippen LogP contribution in [0, 0.1) is 29.1 Å². The van der Waals surface area contributed by atoms with Crippen molar-refractivity contribution in [1.82, 2.24) is 0 Å². The Kier molecular flexibility index (Phi) is 0.464. The molecule has 0 aromatic heterocycles. The van der Waals surface area contributed by atoms with Gasteiger partial charge in [-0.25, -0.2) is 0 Å². The zero-order valence-corrected chi connectivity index (χ0v) is 6.09. The molecule has 0 nitrogen and oxygen atoms in total. The van der Waals surface area contributed by atoms with Gasteiger partial charge in [0.2, 0.25) is 0 Å². The molecule has 4 atom stereocenters. The fourth-order valence-corrected chi connectivity index (χ4v) is 3.86. The molecule has 0 aromatic carbocycles. The Hall–Kier alpha value is -0.260. The number of allylic oxidation sites excluding steroid dienone is 2. The van der Waals surface area contributed by atoms with Gasteiger partial charge in [0, 0.05) is 0 Å². The van der Waals surface area contributed by atoms with E-state index in [0.717, 1.165) is 29.1 Å². The second-order valence-corrected chi connectivity index (χ2v) is 4.73. The van der Waals surface area contributed by atoms with Crippen molar-refractivity contribution in [3.63, 3.8) is 0 Å². The van der Waals surface area contributed by atoms with Crippen LogP contribution in [0.15, 0.2) is 12.2 Å². The molecule has 0 unspecified atom stereocenters. The Labute approximate surface area is 61.3 Å². The highest BCUT2D eigenvalue weighted by Gasteiger charge is 2.72. The highest BCUT2D eigenvalue weighted by molar-refractivity contribution is 5.32. The summed E-state index contributed by atoms with van der Waals surface area (Å²) in [4.78, 5) is 0. The van der Waals surface area contributed by atoms with Gasteiger partial charge in [-0.15, -0.1) is 0 Å². The van der Waals surface area contributed by atoms with Gasteiger partial charge in [0.05, 0.1) is 0 Å². The summed E-state index contributed by atoms with van der Waals surface area (Å²) in [7, 11) is 0. The molecule has 10 heavy (non-hydrogen) atoms. The minimum atomic E-state index is 0.883. The van der Waals surface area contributed by atoms with Gasteiger partial charge in [0.25, 0.3) is 0 Å². The lowest BCUT2D eigenvalue weighted by Gasteiger charge is -2.16. The first-order valence-electron chi connectivity index (χ1n) is 4.60. The Morgan fingerprint density at radius 1 is 1.00 bits per heavy atom. The topological polar surface area (TPSA) is 0 Å². The fourth-order valence-electron chi connectivity index (χ4n) is 3.86. The Morgan fingerprint density at radius 3 is 2.00 bits per heavy atom. The maximum atomic E-state index is 2.53. The van der Waals surface area contributed by atoms with E-state index in [1.165, 1.54) is 0 Å². The summed E-state index contributed by atoms with van der Waals surface area (Å²) in [5.74, 6) is 4.44. The normalized spacial score (nSPS) is 63.2. The summed E-state index contributed by atoms with van der Waals surface area (Å²) >= 11 is 0. The second-order valence-electron chi connectivity index (χ2n) is 4.73. The molecule has 0 N–H and O–H groups in total. The van der Waals surface area contributed by atoms with Crippen LogP contribution in [0.2, 0.25) is 0 Å². The molecule has 2 bridgehead atoms. The van der Waals surface area contributed by atoms with Crippen LogP contribution < -0.4 is 0 Å². The molecule has 0 aliphatic heterocycles. The highest BCUT2D eigenvalue weighted by Crippen LogP contribution is 2.79. The lowest BCUT2D eigenvalue weighted by molar-refractivity contribution is 0.343. The van der Waals surface area contributed by atoms with Crippen LogP contribution in [0.3, 0.4) is 0 Å². The zero-order chi connectivity index (χ0) is 6.34. The van der Waals surface area contributed by atoms with Crippen LogP contribution in [0.4, 0.5) is 0 Å². The van der Waals surface area contributed by atoms with Crippen molar-refractivity contribution in [2.45, 2.75) is 19.3 Å². The van der Waals surface area contributed by atoms with Crippen LogP contribution in [0.25, 0.3) is 0 Å². The first-order valence-corrected chi connectivity index (χ1v) is 4.60. The second kappa shape index (κ2) is 1.01. The van der Waals surface area contributed by atoms with Crippen LogP contribution in [0.5, 0.6) is 0 Å². The van der Waals surface area contributed by atoms with E-state index in [9.17, 15) is 0 Å². The summed E-state index contributed by atoms with van der Waals surface area (Å²) in [5, 5.41) is 0. The maximum absolute atomic E-state index is 2.53. The summed E-state index contributed by atoms with van der Waals surface area (Å²) < 4.78 is 0. The molecular weight excluding hydrogens is 120 g/mol. The van der Waals surface area contributed by atoms with Crippen molar-refractivity contribution in [2.75, 3.05) is 0 Å². The smallest absolute Gasteiger partial charge is 0.0140 e. The van der Waals surface area contributed by atoms with E-state index in [0.29, 0.717) is 0 Å². The Morgan fingerprint density at radius 2 is 1.60 bits per heavy atom. The van der Waals surface area contributed by atoms with Gasteiger partial charge in [-0.1, -0.05) is 12.2 Å². The van der Waals surface area contributed by atoms with E-state index < -0.39 is 0 Å². The van der Waals surface area contributed by atoms with Crippen LogP contribution in [-0.4, -0.2) is 0 Å². The Balaban J connectivity index is 1.95. The van der Waals surface area contributed by atoms with Crippen LogP contribution in [-0.2, 0) is 0 Å². The molecule has 52 valence electrons. The monoisotopic (exact) mass is 132 g/mol. The molecule has 4 rings (SSSR count). The quantitative estimate of drug-likeness (QED) is 0.443. The summed E-state index contributed by atoms with van der Waals surface area (Å²) in [6.45, 7) is 0. The zero-order valence-electron chi connectivity index (χ0n) is 6.09. The molecular formula is C10H12. The SMILES string of the molecule is C1=C[C@H]2[C@@H]3C[C@@H]3[C@@H]1C21CC1. The third-order valence-corrected chi connectivity index (χ3v) is 4.49. The molecule has 0 heteroatoms. The molecule has 4 aliphatic rings. The number of hydrogen-bond donors (Lipinski definition) is 0. The average molecular weight is 132 g/mol. The molecule has 0 aromatic rings. The molecule has 0 heterocycles. The lowest BCUT2D eigenvalue weighted by atomic mass is 9.87. The van der Waals surface area contributed by atoms with Crippen molar-refractivity contribution in [1.29, 1.82) is 0 Å². The minimum absolute atomic E-state index is 0.883. The van der Waals surface area contributed by atoms with Gasteiger partial charge in [-0.05, 0) is 48.3 Å². The number of hydrogen-bond acceptors (Lipinski definition) is 0. The van der Waals surface area contributed by atoms with Gasteiger partial charge in [0.15, 0.2) is 0 Å². The molecule has 3 fully saturated rings. The molecule has 0 saturated heterocycles. The van der Waals surface area contributed by atoms with Crippen molar-refractivity contribution in [2.24, 2.45) is 29.1 Å². The van der Waals surface area contributed by atoms with Crippen molar-refractivity contribution in [3.8, 4) is 0 Å². The molecule has 1 spiro atoms.